The fourth-order valence-electron chi connectivity index (χ4n) is 1.31. The van der Waals surface area contributed by atoms with Gasteiger partial charge in [0.15, 0.2) is 5.91 Å². The summed E-state index contributed by atoms with van der Waals surface area (Å²) in [5.74, 6) is -0.320. The van der Waals surface area contributed by atoms with Gasteiger partial charge in [-0.05, 0) is 7.05 Å². The van der Waals surface area contributed by atoms with Crippen molar-refractivity contribution in [2.45, 2.75) is 12.8 Å². The second kappa shape index (κ2) is 11.7. The summed E-state index contributed by atoms with van der Waals surface area (Å²) in [7, 11) is 1.74. The van der Waals surface area contributed by atoms with Crippen molar-refractivity contribution < 1.29 is 89.7 Å². The average Bonchev–Trinajstić information content (AvgIpc) is 2.09. The topological polar surface area (TPSA) is 78.4 Å². The predicted octanol–water partition coefficient (Wildman–Crippen LogP) is 0.579. The minimum atomic E-state index is -0.513. The van der Waals surface area contributed by atoms with Crippen LogP contribution in [0, 0.1) is 43.6 Å². The van der Waals surface area contributed by atoms with Crippen molar-refractivity contribution in [1.82, 2.24) is 10.2 Å². The van der Waals surface area contributed by atoms with Crippen molar-refractivity contribution in [1.29, 1.82) is 0 Å². The van der Waals surface area contributed by atoms with Gasteiger partial charge in [0.25, 0.3) is 0 Å². The molecule has 8 heteroatoms. The zero-order chi connectivity index (χ0) is 9.84. The molecule has 0 aromatic heterocycles. The van der Waals surface area contributed by atoms with Crippen LogP contribution in [0.4, 0.5) is 0 Å². The standard InChI is InChI=1S/C8H13N4O.U.W.Y/c1-12-5-6(7(12)13)3-2-4-11-8(9)10;;;/h5-6H,2-4H2,1H3,(H2-2,9,10,11);;;/q-3;;;. The van der Waals surface area contributed by atoms with Gasteiger partial charge in [0, 0.05) is 84.9 Å². The maximum Gasteiger partial charge on any atom is 0.167 e. The van der Waals surface area contributed by atoms with E-state index in [1.165, 1.54) is 0 Å². The first-order chi connectivity index (χ1) is 6.11. The Hall–Kier alpha value is 1.58. The molecule has 5 nitrogen and oxygen atoms in total. The Labute approximate surface area is 159 Å². The Morgan fingerprint density at radius 3 is 2.62 bits per heavy atom. The van der Waals surface area contributed by atoms with Crippen LogP contribution in [0.3, 0.4) is 0 Å². The van der Waals surface area contributed by atoms with Crippen molar-refractivity contribution in [3.63, 3.8) is 0 Å². The molecule has 1 aliphatic rings. The second-order valence-electron chi connectivity index (χ2n) is 3.12. The largest absolute Gasteiger partial charge is 0.594 e. The van der Waals surface area contributed by atoms with Crippen molar-refractivity contribution in [2.75, 3.05) is 13.6 Å². The predicted molar refractivity (Wildman–Crippen MR) is 50.5 cm³/mol. The molecular weight excluding hydrogens is 679 g/mol. The van der Waals surface area contributed by atoms with Crippen molar-refractivity contribution in [3.8, 4) is 0 Å². The number of β-lactam (4-membered cyclic amide) rings is 1. The molecule has 0 saturated carbocycles. The van der Waals surface area contributed by atoms with Gasteiger partial charge in [-0.25, -0.2) is 6.54 Å². The summed E-state index contributed by atoms with van der Waals surface area (Å²) < 4.78 is 0. The molecule has 0 bridgehead atoms. The molecule has 1 saturated heterocycles. The first-order valence-electron chi connectivity index (χ1n) is 4.24. The molecule has 1 heterocycles. The molecule has 2 N–H and O–H groups in total. The van der Waals surface area contributed by atoms with E-state index in [9.17, 15) is 4.79 Å². The minimum absolute atomic E-state index is 0. The summed E-state index contributed by atoms with van der Waals surface area (Å²) >= 11 is 0. The van der Waals surface area contributed by atoms with Gasteiger partial charge in [0.2, 0.25) is 0 Å². The summed E-state index contributed by atoms with van der Waals surface area (Å²) in [5.41, 5.74) is 6.67. The van der Waals surface area contributed by atoms with Gasteiger partial charge in [0.1, 0.15) is 0 Å². The van der Waals surface area contributed by atoms with E-state index >= 15 is 0 Å². The third kappa shape index (κ3) is 7.82. The van der Waals surface area contributed by atoms with Crippen LogP contribution in [0.15, 0.2) is 0 Å². The van der Waals surface area contributed by atoms with Gasteiger partial charge >= 0.3 is 0 Å². The maximum absolute atomic E-state index is 11.1. The molecule has 1 unspecified atom stereocenters. The molecule has 0 aliphatic carbocycles. The molecule has 1 radical (unpaired) electrons. The summed E-state index contributed by atoms with van der Waals surface area (Å²) in [6, 6.07) is 0. The third-order valence-electron chi connectivity index (χ3n) is 2.05. The zero-order valence-corrected chi connectivity index (χ0v) is 19.0. The van der Waals surface area contributed by atoms with Crippen LogP contribution in [0.1, 0.15) is 12.8 Å². The number of rotatable bonds is 4. The fraction of sp³-hybridized carbons (Fsp3) is 0.625. The molecule has 1 rings (SSSR count). The molecular formula is C8H13N4OUWY-3. The molecule has 1 atom stereocenters. The fourth-order valence-corrected chi connectivity index (χ4v) is 1.31. The van der Waals surface area contributed by atoms with Crippen LogP contribution in [0.25, 0.3) is 11.1 Å². The molecule has 16 heavy (non-hydrogen) atoms. The monoisotopic (exact) mass is 692 g/mol. The van der Waals surface area contributed by atoms with E-state index in [0.717, 1.165) is 12.8 Å². The number of hydrogen-bond donors (Lipinski definition) is 1. The van der Waals surface area contributed by atoms with E-state index in [1.54, 1.807) is 11.9 Å². The third-order valence-corrected chi connectivity index (χ3v) is 2.05. The molecule has 1 aliphatic heterocycles. The average molecular weight is 692 g/mol. The smallest absolute Gasteiger partial charge is 0.167 e. The van der Waals surface area contributed by atoms with E-state index in [1.807, 2.05) is 6.54 Å². The molecule has 0 aromatic rings. The van der Waals surface area contributed by atoms with Gasteiger partial charge in [0.05, 0.1) is 0 Å². The Balaban J connectivity index is -0.000000563. The Morgan fingerprint density at radius 2 is 2.25 bits per heavy atom. The van der Waals surface area contributed by atoms with Crippen molar-refractivity contribution in [3.05, 3.63) is 17.7 Å². The van der Waals surface area contributed by atoms with E-state index in [2.05, 4.69) is 5.32 Å². The van der Waals surface area contributed by atoms with Gasteiger partial charge < -0.3 is 21.4 Å². The number of carbonyl (C=O) groups excluding carboxylic acids is 1. The quantitative estimate of drug-likeness (QED) is 0.154. The van der Waals surface area contributed by atoms with Crippen molar-refractivity contribution >= 4 is 11.9 Å². The van der Waals surface area contributed by atoms with E-state index in [4.69, 9.17) is 11.1 Å². The SMILES string of the molecule is CN1[CH-]C(CCCNC(=[N-])[NH-])C1=O.[U].[W].[Y]. The molecule has 0 aromatic carbocycles. The first kappa shape index (κ1) is 22.7. The summed E-state index contributed by atoms with van der Waals surface area (Å²) in [6.45, 7) is 2.42. The molecule has 87 valence electrons. The van der Waals surface area contributed by atoms with Crippen LogP contribution in [-0.4, -0.2) is 30.4 Å². The Morgan fingerprint density at radius 1 is 1.69 bits per heavy atom. The normalized spacial score (nSPS) is 17.2. The van der Waals surface area contributed by atoms with Crippen LogP contribution in [0.2, 0.25) is 0 Å². The summed E-state index contributed by atoms with van der Waals surface area (Å²) in [6.07, 6.45) is 1.56. The number of amides is 1. The Bertz CT molecular complexity index is 232. The van der Waals surface area contributed by atoms with Crippen LogP contribution < -0.4 is 5.32 Å². The number of nitrogens with zero attached hydrogens (tertiary/aromatic N) is 2. The van der Waals surface area contributed by atoms with Gasteiger partial charge in [-0.3, -0.25) is 4.79 Å². The number of hydrogen-bond acceptors (Lipinski definition) is 1. The van der Waals surface area contributed by atoms with E-state index in [0.29, 0.717) is 6.54 Å². The number of guanidine groups is 1. The number of likely N-dealkylation sites (tertiary alicyclic amines) is 1. The van der Waals surface area contributed by atoms with Gasteiger partial charge in [-0.15, -0.1) is 0 Å². The van der Waals surface area contributed by atoms with Gasteiger partial charge in [-0.1, -0.05) is 25.3 Å². The Kier molecular flexibility index (Phi) is 16.6. The minimum Gasteiger partial charge on any atom is -0.594 e. The van der Waals surface area contributed by atoms with E-state index in [-0.39, 0.29) is 96.7 Å². The number of carbonyl (C=O) groups is 1. The molecule has 0 spiro atoms. The first-order valence-corrected chi connectivity index (χ1v) is 4.24. The molecule has 1 amide bonds. The summed E-state index contributed by atoms with van der Waals surface area (Å²) in [4.78, 5) is 12.6. The van der Waals surface area contributed by atoms with Crippen molar-refractivity contribution in [2.24, 2.45) is 5.92 Å². The summed E-state index contributed by atoms with van der Waals surface area (Å²) in [5, 5.41) is 10.9. The van der Waals surface area contributed by atoms with Crippen LogP contribution in [0.5, 0.6) is 0 Å². The zero-order valence-electron chi connectivity index (χ0n) is 9.06. The van der Waals surface area contributed by atoms with Crippen LogP contribution >= 0.6 is 0 Å². The maximum atomic E-state index is 11.1. The molecule has 1 fully saturated rings. The number of nitrogens with one attached hydrogen (secondary N) is 2. The second-order valence-corrected chi connectivity index (χ2v) is 3.12. The van der Waals surface area contributed by atoms with Crippen LogP contribution in [-0.2, 0) is 58.6 Å². The van der Waals surface area contributed by atoms with E-state index < -0.39 is 5.96 Å². The van der Waals surface area contributed by atoms with Gasteiger partial charge in [-0.2, -0.15) is 5.96 Å².